The van der Waals surface area contributed by atoms with E-state index in [1.165, 1.54) is 5.56 Å². The molecule has 8 nitrogen and oxygen atoms in total. The molecule has 1 aliphatic rings. The molecule has 6 rings (SSSR count). The number of H-pyrrole nitrogens is 1. The number of rotatable bonds is 6. The van der Waals surface area contributed by atoms with Crippen LogP contribution >= 0.6 is 0 Å². The second-order valence-electron chi connectivity index (χ2n) is 12.0. The fraction of sp³-hybridized carbons (Fsp3) is 0.250. The third-order valence-electron chi connectivity index (χ3n) is 7.68. The number of aromatic nitrogens is 2. The first-order chi connectivity index (χ1) is 21.2. The summed E-state index contributed by atoms with van der Waals surface area (Å²) in [6.45, 7) is 6.99. The first kappa shape index (κ1) is 29.0. The van der Waals surface area contributed by atoms with E-state index in [4.69, 9.17) is 14.5 Å². The van der Waals surface area contributed by atoms with E-state index >= 15 is 0 Å². The molecule has 0 bridgehead atoms. The van der Waals surface area contributed by atoms with E-state index in [-0.39, 0.29) is 11.7 Å². The van der Waals surface area contributed by atoms with E-state index in [0.29, 0.717) is 41.7 Å². The first-order valence-corrected chi connectivity index (χ1v) is 14.9. The van der Waals surface area contributed by atoms with Crippen LogP contribution in [0.25, 0.3) is 22.0 Å². The summed E-state index contributed by atoms with van der Waals surface area (Å²) in [6.07, 6.45) is 3.15. The van der Waals surface area contributed by atoms with Crippen LogP contribution in [0.5, 0.6) is 11.5 Å². The Morgan fingerprint density at radius 1 is 0.932 bits per heavy atom. The zero-order valence-electron chi connectivity index (χ0n) is 25.2. The fourth-order valence-corrected chi connectivity index (χ4v) is 5.52. The fourth-order valence-electron chi connectivity index (χ4n) is 5.52. The van der Waals surface area contributed by atoms with Gasteiger partial charge in [0.05, 0.1) is 11.1 Å². The minimum atomic E-state index is -0.499. The summed E-state index contributed by atoms with van der Waals surface area (Å²) < 4.78 is 11.8. The molecule has 3 heterocycles. The van der Waals surface area contributed by atoms with Gasteiger partial charge in [-0.1, -0.05) is 42.5 Å². The van der Waals surface area contributed by atoms with Crippen molar-refractivity contribution in [2.45, 2.75) is 45.1 Å². The number of pyridine rings is 2. The Bertz CT molecular complexity index is 1820. The summed E-state index contributed by atoms with van der Waals surface area (Å²) in [4.78, 5) is 34.9. The molecule has 0 atom stereocenters. The number of likely N-dealkylation sites (tertiary alicyclic amines) is 1. The van der Waals surface area contributed by atoms with Gasteiger partial charge in [-0.15, -0.1) is 0 Å². The maximum atomic E-state index is 13.0. The number of anilines is 2. The van der Waals surface area contributed by atoms with Crippen molar-refractivity contribution in [1.29, 1.82) is 0 Å². The van der Waals surface area contributed by atoms with Crippen molar-refractivity contribution in [1.82, 2.24) is 14.9 Å². The van der Waals surface area contributed by atoms with Crippen molar-refractivity contribution in [3.63, 3.8) is 0 Å². The first-order valence-electron chi connectivity index (χ1n) is 14.9. The second kappa shape index (κ2) is 12.2. The van der Waals surface area contributed by atoms with Crippen molar-refractivity contribution in [2.75, 3.05) is 18.4 Å². The van der Waals surface area contributed by atoms with Gasteiger partial charge in [-0.3, -0.25) is 4.79 Å². The number of piperidine rings is 1. The molecular weight excluding hydrogens is 552 g/mol. The van der Waals surface area contributed by atoms with Gasteiger partial charge in [-0.25, -0.2) is 9.78 Å². The molecular formula is C36H36N4O4. The quantitative estimate of drug-likeness (QED) is 0.207. The number of carbonyl (C=O) groups excluding carboxylic acids is 1. The normalized spacial score (nSPS) is 13.9. The highest BCUT2D eigenvalue weighted by atomic mass is 16.6. The Morgan fingerprint density at radius 3 is 2.36 bits per heavy atom. The highest BCUT2D eigenvalue weighted by Crippen LogP contribution is 2.36. The van der Waals surface area contributed by atoms with Gasteiger partial charge >= 0.3 is 6.09 Å². The summed E-state index contributed by atoms with van der Waals surface area (Å²) in [5.74, 6) is 2.22. The summed E-state index contributed by atoms with van der Waals surface area (Å²) in [7, 11) is 0. The van der Waals surface area contributed by atoms with Gasteiger partial charge in [0.2, 0.25) is 0 Å². The molecule has 44 heavy (non-hydrogen) atoms. The third-order valence-corrected chi connectivity index (χ3v) is 7.68. The molecule has 224 valence electrons. The predicted octanol–water partition coefficient (Wildman–Crippen LogP) is 8.24. The second-order valence-corrected chi connectivity index (χ2v) is 12.0. The van der Waals surface area contributed by atoms with Gasteiger partial charge in [-0.05, 0) is 99.0 Å². The third kappa shape index (κ3) is 6.59. The molecule has 0 unspecified atom stereocenters. The number of para-hydroxylation sites is 2. The van der Waals surface area contributed by atoms with Gasteiger partial charge in [-0.2, -0.15) is 0 Å². The largest absolute Gasteiger partial charge is 0.457 e. The average Bonchev–Trinajstić information content (AvgIpc) is 3.01. The summed E-state index contributed by atoms with van der Waals surface area (Å²) in [6, 6.07) is 29.4. The lowest BCUT2D eigenvalue weighted by Gasteiger charge is -2.33. The number of ether oxygens (including phenoxy) is 2. The van der Waals surface area contributed by atoms with E-state index in [9.17, 15) is 9.59 Å². The molecule has 0 spiro atoms. The van der Waals surface area contributed by atoms with Crippen LogP contribution in [0.3, 0.4) is 0 Å². The molecule has 1 saturated heterocycles. The highest BCUT2D eigenvalue weighted by Gasteiger charge is 2.27. The van der Waals surface area contributed by atoms with Crippen LogP contribution in [-0.2, 0) is 4.74 Å². The number of fused-ring (bicyclic) bond motifs is 1. The van der Waals surface area contributed by atoms with Gasteiger partial charge in [0.1, 0.15) is 22.9 Å². The average molecular weight is 589 g/mol. The van der Waals surface area contributed by atoms with Crippen LogP contribution in [0.1, 0.15) is 45.1 Å². The zero-order valence-corrected chi connectivity index (χ0v) is 25.2. The lowest BCUT2D eigenvalue weighted by atomic mass is 9.89. The van der Waals surface area contributed by atoms with Gasteiger partial charge in [0, 0.05) is 30.5 Å². The number of hydrogen-bond acceptors (Lipinski definition) is 6. The maximum Gasteiger partial charge on any atom is 0.410 e. The predicted molar refractivity (Wildman–Crippen MR) is 174 cm³/mol. The van der Waals surface area contributed by atoms with Crippen molar-refractivity contribution in [3.05, 3.63) is 113 Å². The van der Waals surface area contributed by atoms with Crippen LogP contribution in [0, 0.1) is 0 Å². The monoisotopic (exact) mass is 588 g/mol. The molecule has 1 aliphatic heterocycles. The number of nitrogens with one attached hydrogen (secondary N) is 2. The number of amides is 1. The standard InChI is InChI=1S/C36H36N4O4/c1-36(2,3)44-35(42)40-21-18-25(19-22-40)24-13-15-27(16-14-24)38-33-32-26(17-20-37-34(32)41)23-30(39-33)29-11-7-8-12-31(29)43-28-9-5-4-6-10-28/h4-17,20,23,25H,18-19,21-22H2,1-3H3,(H,37,41)(H,38,39). The Kier molecular flexibility index (Phi) is 8.07. The minimum absolute atomic E-state index is 0.216. The summed E-state index contributed by atoms with van der Waals surface area (Å²) >= 11 is 0. The topological polar surface area (TPSA) is 96.5 Å². The van der Waals surface area contributed by atoms with Crippen LogP contribution < -0.4 is 15.6 Å². The number of nitrogens with zero attached hydrogens (tertiary/aromatic N) is 2. The number of hydrogen-bond donors (Lipinski definition) is 2. The summed E-state index contributed by atoms with van der Waals surface area (Å²) in [5.41, 5.74) is 2.82. The van der Waals surface area contributed by atoms with Crippen molar-refractivity contribution >= 4 is 28.4 Å². The number of benzene rings is 3. The molecule has 0 radical (unpaired) electrons. The van der Waals surface area contributed by atoms with E-state index in [1.54, 1.807) is 11.1 Å². The van der Waals surface area contributed by atoms with Gasteiger partial charge < -0.3 is 24.7 Å². The molecule has 2 N–H and O–H groups in total. The van der Waals surface area contributed by atoms with Crippen LogP contribution in [-0.4, -0.2) is 39.7 Å². The molecule has 3 aromatic carbocycles. The van der Waals surface area contributed by atoms with Crippen LogP contribution in [0.4, 0.5) is 16.3 Å². The SMILES string of the molecule is CC(C)(C)OC(=O)N1CCC(c2ccc(Nc3nc(-c4ccccc4Oc4ccccc4)cc4cc[nH]c(=O)c34)cc2)CC1. The smallest absolute Gasteiger partial charge is 0.410 e. The van der Waals surface area contributed by atoms with Crippen molar-refractivity contribution in [3.8, 4) is 22.8 Å². The zero-order chi connectivity index (χ0) is 30.7. The van der Waals surface area contributed by atoms with E-state index < -0.39 is 5.60 Å². The van der Waals surface area contributed by atoms with Gasteiger partial charge in [0.25, 0.3) is 5.56 Å². The Balaban J connectivity index is 1.24. The molecule has 8 heteroatoms. The summed E-state index contributed by atoms with van der Waals surface area (Å²) in [5, 5.41) is 4.65. The Morgan fingerprint density at radius 2 is 1.64 bits per heavy atom. The maximum absolute atomic E-state index is 13.0. The van der Waals surface area contributed by atoms with E-state index in [2.05, 4.69) is 22.4 Å². The highest BCUT2D eigenvalue weighted by molar-refractivity contribution is 5.95. The molecule has 0 aliphatic carbocycles. The number of carbonyl (C=O) groups is 1. The number of aromatic amines is 1. The molecule has 1 fully saturated rings. The Hall–Kier alpha value is -5.11. The molecule has 2 aromatic heterocycles. The lowest BCUT2D eigenvalue weighted by Crippen LogP contribution is -2.41. The van der Waals surface area contributed by atoms with Crippen LogP contribution in [0.15, 0.2) is 102 Å². The van der Waals surface area contributed by atoms with E-state index in [1.807, 2.05) is 99.6 Å². The van der Waals surface area contributed by atoms with Crippen molar-refractivity contribution < 1.29 is 14.3 Å². The molecule has 5 aromatic rings. The van der Waals surface area contributed by atoms with Crippen LogP contribution in [0.2, 0.25) is 0 Å². The molecule has 0 saturated carbocycles. The van der Waals surface area contributed by atoms with Gasteiger partial charge in [0.15, 0.2) is 0 Å². The minimum Gasteiger partial charge on any atom is -0.457 e. The van der Waals surface area contributed by atoms with Crippen molar-refractivity contribution in [2.24, 2.45) is 0 Å². The molecule has 1 amide bonds. The Labute approximate surface area is 256 Å². The lowest BCUT2D eigenvalue weighted by molar-refractivity contribution is 0.0205. The van der Waals surface area contributed by atoms with E-state index in [0.717, 1.165) is 35.2 Å².